The summed E-state index contributed by atoms with van der Waals surface area (Å²) in [5.74, 6) is 0.531. The van der Waals surface area contributed by atoms with Gasteiger partial charge in [-0.3, -0.25) is 0 Å². The SMILES string of the molecule is O=S(=O)(CCCCl)NCCN1CCCC1. The van der Waals surface area contributed by atoms with Gasteiger partial charge in [0.15, 0.2) is 0 Å². The molecule has 1 aliphatic heterocycles. The molecule has 15 heavy (non-hydrogen) atoms. The molecule has 90 valence electrons. The molecule has 0 aromatic carbocycles. The molecule has 1 heterocycles. The molecule has 1 fully saturated rings. The molecule has 0 aromatic rings. The van der Waals surface area contributed by atoms with Crippen molar-refractivity contribution >= 4 is 21.6 Å². The third-order valence-electron chi connectivity index (χ3n) is 2.50. The van der Waals surface area contributed by atoms with Crippen LogP contribution in [0.25, 0.3) is 0 Å². The Bertz CT molecular complexity index is 263. The van der Waals surface area contributed by atoms with Gasteiger partial charge in [-0.15, -0.1) is 11.6 Å². The zero-order valence-electron chi connectivity index (χ0n) is 8.91. The molecule has 1 rings (SSSR count). The topological polar surface area (TPSA) is 49.4 Å². The summed E-state index contributed by atoms with van der Waals surface area (Å²) >= 11 is 5.44. The van der Waals surface area contributed by atoms with Crippen molar-refractivity contribution in [2.75, 3.05) is 37.8 Å². The van der Waals surface area contributed by atoms with Crippen LogP contribution >= 0.6 is 11.6 Å². The minimum atomic E-state index is -3.10. The van der Waals surface area contributed by atoms with Gasteiger partial charge in [0, 0.05) is 19.0 Å². The van der Waals surface area contributed by atoms with Gasteiger partial charge in [-0.05, 0) is 32.4 Å². The number of sulfonamides is 1. The molecule has 1 aliphatic rings. The Labute approximate surface area is 97.0 Å². The van der Waals surface area contributed by atoms with Gasteiger partial charge in [-0.2, -0.15) is 0 Å². The van der Waals surface area contributed by atoms with E-state index in [4.69, 9.17) is 11.6 Å². The molecular formula is C9H19ClN2O2S. The van der Waals surface area contributed by atoms with Crippen LogP contribution in [0, 0.1) is 0 Å². The number of hydrogen-bond acceptors (Lipinski definition) is 3. The van der Waals surface area contributed by atoms with Crippen LogP contribution in [0.4, 0.5) is 0 Å². The van der Waals surface area contributed by atoms with E-state index >= 15 is 0 Å². The van der Waals surface area contributed by atoms with E-state index in [0.717, 1.165) is 19.6 Å². The van der Waals surface area contributed by atoms with Crippen LogP contribution in [0.1, 0.15) is 19.3 Å². The predicted molar refractivity (Wildman–Crippen MR) is 62.8 cm³/mol. The highest BCUT2D eigenvalue weighted by Crippen LogP contribution is 2.05. The van der Waals surface area contributed by atoms with E-state index in [9.17, 15) is 8.42 Å². The predicted octanol–water partition coefficient (Wildman–Crippen LogP) is 0.631. The van der Waals surface area contributed by atoms with E-state index in [1.165, 1.54) is 12.8 Å². The molecule has 6 heteroatoms. The van der Waals surface area contributed by atoms with E-state index < -0.39 is 10.0 Å². The van der Waals surface area contributed by atoms with Crippen molar-refractivity contribution in [2.24, 2.45) is 0 Å². The number of likely N-dealkylation sites (tertiary alicyclic amines) is 1. The van der Waals surface area contributed by atoms with Crippen LogP contribution in [-0.2, 0) is 10.0 Å². The standard InChI is InChI=1S/C9H19ClN2O2S/c10-4-3-9-15(13,14)11-5-8-12-6-1-2-7-12/h11H,1-9H2. The van der Waals surface area contributed by atoms with Gasteiger partial charge in [0.2, 0.25) is 10.0 Å². The molecule has 1 N–H and O–H groups in total. The fourth-order valence-corrected chi connectivity index (χ4v) is 3.05. The van der Waals surface area contributed by atoms with Gasteiger partial charge in [-0.1, -0.05) is 0 Å². The van der Waals surface area contributed by atoms with E-state index in [1.54, 1.807) is 0 Å². The molecule has 0 spiro atoms. The van der Waals surface area contributed by atoms with Crippen LogP contribution in [0.3, 0.4) is 0 Å². The lowest BCUT2D eigenvalue weighted by molar-refractivity contribution is 0.344. The van der Waals surface area contributed by atoms with Crippen LogP contribution < -0.4 is 4.72 Å². The summed E-state index contributed by atoms with van der Waals surface area (Å²) in [6.07, 6.45) is 2.98. The van der Waals surface area contributed by atoms with Crippen molar-refractivity contribution in [1.29, 1.82) is 0 Å². The lowest BCUT2D eigenvalue weighted by atomic mass is 10.4. The molecule has 0 unspecified atom stereocenters. The first-order chi connectivity index (χ1) is 7.14. The number of rotatable bonds is 7. The first-order valence-electron chi connectivity index (χ1n) is 5.40. The van der Waals surface area contributed by atoms with Crippen molar-refractivity contribution in [3.63, 3.8) is 0 Å². The van der Waals surface area contributed by atoms with Gasteiger partial charge >= 0.3 is 0 Å². The molecule has 0 aromatic heterocycles. The second kappa shape index (κ2) is 6.68. The first-order valence-corrected chi connectivity index (χ1v) is 7.58. The van der Waals surface area contributed by atoms with Gasteiger partial charge in [0.1, 0.15) is 0 Å². The normalized spacial score (nSPS) is 18.5. The number of halogens is 1. The van der Waals surface area contributed by atoms with Gasteiger partial charge in [0.25, 0.3) is 0 Å². The first kappa shape index (κ1) is 13.2. The molecule has 0 amide bonds. The van der Waals surface area contributed by atoms with Crippen molar-refractivity contribution < 1.29 is 8.42 Å². The summed E-state index contributed by atoms with van der Waals surface area (Å²) in [7, 11) is -3.10. The molecule has 0 aliphatic carbocycles. The maximum absolute atomic E-state index is 11.4. The van der Waals surface area contributed by atoms with Crippen LogP contribution in [0.15, 0.2) is 0 Å². The number of alkyl halides is 1. The Morgan fingerprint density at radius 2 is 1.93 bits per heavy atom. The largest absolute Gasteiger partial charge is 0.302 e. The molecular weight excluding hydrogens is 236 g/mol. The summed E-state index contributed by atoms with van der Waals surface area (Å²) < 4.78 is 25.3. The van der Waals surface area contributed by atoms with Crippen LogP contribution in [0.5, 0.6) is 0 Å². The molecule has 0 saturated carbocycles. The molecule has 4 nitrogen and oxygen atoms in total. The second-order valence-electron chi connectivity index (χ2n) is 3.80. The van der Waals surface area contributed by atoms with Crippen molar-refractivity contribution in [3.8, 4) is 0 Å². The summed E-state index contributed by atoms with van der Waals surface area (Å²) in [5, 5.41) is 0. The quantitative estimate of drug-likeness (QED) is 0.678. The average molecular weight is 255 g/mol. The van der Waals surface area contributed by atoms with E-state index in [0.29, 0.717) is 18.8 Å². The average Bonchev–Trinajstić information content (AvgIpc) is 2.67. The monoisotopic (exact) mass is 254 g/mol. The van der Waals surface area contributed by atoms with E-state index in [1.807, 2.05) is 0 Å². The Balaban J connectivity index is 2.12. The smallest absolute Gasteiger partial charge is 0.211 e. The Hall–Kier alpha value is 0.160. The molecule has 0 radical (unpaired) electrons. The van der Waals surface area contributed by atoms with Gasteiger partial charge in [0.05, 0.1) is 5.75 Å². The van der Waals surface area contributed by atoms with Crippen molar-refractivity contribution in [3.05, 3.63) is 0 Å². The van der Waals surface area contributed by atoms with Gasteiger partial charge in [-0.25, -0.2) is 13.1 Å². The fourth-order valence-electron chi connectivity index (χ4n) is 1.68. The molecule has 0 atom stereocenters. The fraction of sp³-hybridized carbons (Fsp3) is 1.00. The van der Waals surface area contributed by atoms with Gasteiger partial charge < -0.3 is 4.90 Å². The summed E-state index contributed by atoms with van der Waals surface area (Å²) in [5.41, 5.74) is 0. The summed E-state index contributed by atoms with van der Waals surface area (Å²) in [4.78, 5) is 2.28. The third-order valence-corrected chi connectivity index (χ3v) is 4.23. The Morgan fingerprint density at radius 3 is 2.53 bits per heavy atom. The van der Waals surface area contributed by atoms with Crippen LogP contribution in [-0.4, -0.2) is 51.1 Å². The number of nitrogens with zero attached hydrogens (tertiary/aromatic N) is 1. The Morgan fingerprint density at radius 1 is 1.27 bits per heavy atom. The maximum Gasteiger partial charge on any atom is 0.211 e. The minimum absolute atomic E-state index is 0.135. The van der Waals surface area contributed by atoms with E-state index in [-0.39, 0.29) is 5.75 Å². The Kier molecular flexibility index (Phi) is 5.89. The second-order valence-corrected chi connectivity index (χ2v) is 6.11. The molecule has 0 bridgehead atoms. The third kappa shape index (κ3) is 5.70. The van der Waals surface area contributed by atoms with Crippen LogP contribution in [0.2, 0.25) is 0 Å². The number of nitrogens with one attached hydrogen (secondary N) is 1. The highest BCUT2D eigenvalue weighted by Gasteiger charge is 2.13. The lowest BCUT2D eigenvalue weighted by Crippen LogP contribution is -2.34. The lowest BCUT2D eigenvalue weighted by Gasteiger charge is -2.14. The highest BCUT2D eigenvalue weighted by molar-refractivity contribution is 7.89. The summed E-state index contributed by atoms with van der Waals surface area (Å²) in [6, 6.07) is 0. The van der Waals surface area contributed by atoms with Crippen molar-refractivity contribution in [2.45, 2.75) is 19.3 Å². The maximum atomic E-state index is 11.4. The number of hydrogen-bond donors (Lipinski definition) is 1. The zero-order valence-corrected chi connectivity index (χ0v) is 10.5. The zero-order chi connectivity index (χ0) is 11.1. The summed E-state index contributed by atoms with van der Waals surface area (Å²) in [6.45, 7) is 3.54. The van der Waals surface area contributed by atoms with Crippen molar-refractivity contribution in [1.82, 2.24) is 9.62 Å². The molecule has 1 saturated heterocycles. The minimum Gasteiger partial charge on any atom is -0.302 e. The van der Waals surface area contributed by atoms with E-state index in [2.05, 4.69) is 9.62 Å². The highest BCUT2D eigenvalue weighted by atomic mass is 35.5.